The van der Waals surface area contributed by atoms with Gasteiger partial charge in [-0.2, -0.15) is 0 Å². The molecule has 1 N–H and O–H groups in total. The Morgan fingerprint density at radius 2 is 1.59 bits per heavy atom. The Kier molecular flexibility index (Phi) is 5.79. The van der Waals surface area contributed by atoms with Crippen molar-refractivity contribution in [3.05, 3.63) is 76.7 Å². The first-order valence-corrected chi connectivity index (χ1v) is 12.1. The molecule has 0 atom stereocenters. The Morgan fingerprint density at radius 3 is 2.25 bits per heavy atom. The maximum Gasteiger partial charge on any atom is 0.328 e. The van der Waals surface area contributed by atoms with Gasteiger partial charge in [0, 0.05) is 30.0 Å². The van der Waals surface area contributed by atoms with E-state index in [9.17, 15) is 13.2 Å². The molecule has 0 amide bonds. The molecule has 0 saturated carbocycles. The molecule has 1 aromatic heterocycles. The summed E-state index contributed by atoms with van der Waals surface area (Å²) in [6, 6.07) is 17.8. The van der Waals surface area contributed by atoms with Gasteiger partial charge in [-0.1, -0.05) is 35.5 Å². The maximum atomic E-state index is 13.2. The lowest BCUT2D eigenvalue weighted by Crippen LogP contribution is -2.19. The largest absolute Gasteiger partial charge is 0.497 e. The smallest absolute Gasteiger partial charge is 0.328 e. The molecule has 0 aliphatic rings. The number of ether oxygens (including phenoxy) is 1. The standard InChI is InChI=1S/C23H23N3O4S2/c1-15-8-10-17(11-9-15)31-22-14-21-20(25(2)23(27)26(21)3)13-19(22)24-32(28,29)18-7-5-6-16(12-18)30-4/h5-14,24H,1-4H3. The van der Waals surface area contributed by atoms with E-state index < -0.39 is 10.0 Å². The first kappa shape index (κ1) is 22.0. The van der Waals surface area contributed by atoms with Crippen LogP contribution in [0.3, 0.4) is 0 Å². The second-order valence-corrected chi connectivity index (χ2v) is 10.2. The monoisotopic (exact) mass is 469 g/mol. The molecule has 32 heavy (non-hydrogen) atoms. The lowest BCUT2D eigenvalue weighted by atomic mass is 10.2. The molecule has 0 unspecified atom stereocenters. The minimum Gasteiger partial charge on any atom is -0.497 e. The number of fused-ring (bicyclic) bond motifs is 1. The van der Waals surface area contributed by atoms with Crippen LogP contribution in [0.4, 0.5) is 5.69 Å². The average molecular weight is 470 g/mol. The average Bonchev–Trinajstić information content (AvgIpc) is 2.99. The molecule has 3 aromatic carbocycles. The highest BCUT2D eigenvalue weighted by Crippen LogP contribution is 2.37. The van der Waals surface area contributed by atoms with Crippen molar-refractivity contribution in [1.29, 1.82) is 0 Å². The molecule has 0 aliphatic carbocycles. The lowest BCUT2D eigenvalue weighted by Gasteiger charge is -2.14. The number of anilines is 1. The zero-order valence-corrected chi connectivity index (χ0v) is 19.8. The summed E-state index contributed by atoms with van der Waals surface area (Å²) in [6.07, 6.45) is 0. The molecule has 4 rings (SSSR count). The van der Waals surface area contributed by atoms with Gasteiger partial charge < -0.3 is 4.74 Å². The third kappa shape index (κ3) is 4.13. The molecule has 166 valence electrons. The van der Waals surface area contributed by atoms with E-state index in [1.807, 2.05) is 37.3 Å². The number of nitrogens with zero attached hydrogens (tertiary/aromatic N) is 2. The maximum absolute atomic E-state index is 13.2. The van der Waals surface area contributed by atoms with Gasteiger partial charge in [0.25, 0.3) is 10.0 Å². The van der Waals surface area contributed by atoms with Crippen molar-refractivity contribution >= 4 is 38.5 Å². The van der Waals surface area contributed by atoms with E-state index in [0.29, 0.717) is 21.8 Å². The summed E-state index contributed by atoms with van der Waals surface area (Å²) in [4.78, 5) is 14.2. The number of imidazole rings is 1. The highest BCUT2D eigenvalue weighted by molar-refractivity contribution is 7.99. The predicted molar refractivity (Wildman–Crippen MR) is 127 cm³/mol. The number of aromatic nitrogens is 2. The van der Waals surface area contributed by atoms with Gasteiger partial charge in [-0.25, -0.2) is 13.2 Å². The number of methoxy groups -OCH3 is 1. The Bertz CT molecular complexity index is 1470. The van der Waals surface area contributed by atoms with E-state index in [1.54, 1.807) is 36.9 Å². The number of hydrogen-bond acceptors (Lipinski definition) is 5. The number of aryl methyl sites for hydroxylation is 3. The molecule has 0 aliphatic heterocycles. The number of nitrogens with one attached hydrogen (secondary N) is 1. The van der Waals surface area contributed by atoms with Gasteiger partial charge in [-0.3, -0.25) is 13.9 Å². The predicted octanol–water partition coefficient (Wildman–Crippen LogP) is 4.15. The summed E-state index contributed by atoms with van der Waals surface area (Å²) in [5.41, 5.74) is 2.70. The summed E-state index contributed by atoms with van der Waals surface area (Å²) < 4.78 is 37.2. The van der Waals surface area contributed by atoms with Crippen molar-refractivity contribution in [2.75, 3.05) is 11.8 Å². The Balaban J connectivity index is 1.84. The third-order valence-electron chi connectivity index (χ3n) is 5.22. The molecule has 9 heteroatoms. The number of benzene rings is 3. The molecule has 1 heterocycles. The summed E-state index contributed by atoms with van der Waals surface area (Å²) in [7, 11) is 0.960. The number of rotatable bonds is 6. The van der Waals surface area contributed by atoms with E-state index in [2.05, 4.69) is 4.72 Å². The van der Waals surface area contributed by atoms with E-state index in [1.165, 1.54) is 35.6 Å². The van der Waals surface area contributed by atoms with E-state index in [4.69, 9.17) is 4.74 Å². The van der Waals surface area contributed by atoms with Gasteiger partial charge >= 0.3 is 5.69 Å². The van der Waals surface area contributed by atoms with Crippen LogP contribution in [0.5, 0.6) is 5.75 Å². The second kappa shape index (κ2) is 8.40. The van der Waals surface area contributed by atoms with Gasteiger partial charge in [-0.05, 0) is 43.3 Å². The van der Waals surface area contributed by atoms with Gasteiger partial charge in [0.05, 0.1) is 28.7 Å². The first-order chi connectivity index (χ1) is 15.2. The van der Waals surface area contributed by atoms with Crippen LogP contribution in [0.1, 0.15) is 5.56 Å². The molecule has 0 spiro atoms. The fourth-order valence-electron chi connectivity index (χ4n) is 3.40. The van der Waals surface area contributed by atoms with Crippen molar-refractivity contribution in [1.82, 2.24) is 9.13 Å². The first-order valence-electron chi connectivity index (χ1n) is 9.80. The zero-order valence-electron chi connectivity index (χ0n) is 18.1. The van der Waals surface area contributed by atoms with Crippen LogP contribution in [0.25, 0.3) is 11.0 Å². The molecule has 0 radical (unpaired) electrons. The minimum atomic E-state index is -3.89. The third-order valence-corrected chi connectivity index (χ3v) is 7.65. The molecule has 0 fully saturated rings. The van der Waals surface area contributed by atoms with Crippen LogP contribution >= 0.6 is 11.8 Å². The summed E-state index contributed by atoms with van der Waals surface area (Å²) in [6.45, 7) is 2.01. The topological polar surface area (TPSA) is 82.3 Å². The zero-order chi connectivity index (χ0) is 23.0. The molecule has 4 aromatic rings. The number of sulfonamides is 1. The van der Waals surface area contributed by atoms with E-state index >= 15 is 0 Å². The summed E-state index contributed by atoms with van der Waals surface area (Å²) in [5, 5.41) is 0. The van der Waals surface area contributed by atoms with Gasteiger partial charge in [0.2, 0.25) is 0 Å². The van der Waals surface area contributed by atoms with Crippen molar-refractivity contribution in [3.63, 3.8) is 0 Å². The summed E-state index contributed by atoms with van der Waals surface area (Å²) in [5.74, 6) is 0.447. The molecular formula is C23H23N3O4S2. The fraction of sp³-hybridized carbons (Fsp3) is 0.174. The normalized spacial score (nSPS) is 11.6. The van der Waals surface area contributed by atoms with Gasteiger partial charge in [0.1, 0.15) is 5.75 Å². The van der Waals surface area contributed by atoms with Crippen LogP contribution in [0.15, 0.2) is 80.1 Å². The Hall–Kier alpha value is -3.17. The van der Waals surface area contributed by atoms with Crippen LogP contribution in [0, 0.1) is 6.92 Å². The van der Waals surface area contributed by atoms with Gasteiger partial charge in [-0.15, -0.1) is 0 Å². The SMILES string of the molecule is COc1cccc(S(=O)(=O)Nc2cc3c(cc2Sc2ccc(C)cc2)n(C)c(=O)n3C)c1. The van der Waals surface area contributed by atoms with Gasteiger partial charge in [0.15, 0.2) is 0 Å². The Morgan fingerprint density at radius 1 is 0.938 bits per heavy atom. The lowest BCUT2D eigenvalue weighted by molar-refractivity contribution is 0.413. The molecule has 0 bridgehead atoms. The van der Waals surface area contributed by atoms with Crippen LogP contribution < -0.4 is 15.1 Å². The van der Waals surface area contributed by atoms with E-state index in [0.717, 1.165) is 16.0 Å². The summed E-state index contributed by atoms with van der Waals surface area (Å²) >= 11 is 1.43. The quantitative estimate of drug-likeness (QED) is 0.459. The Labute approximate surface area is 190 Å². The van der Waals surface area contributed by atoms with Crippen molar-refractivity contribution < 1.29 is 13.2 Å². The molecular weight excluding hydrogens is 446 g/mol. The van der Waals surface area contributed by atoms with E-state index in [-0.39, 0.29) is 10.6 Å². The van der Waals surface area contributed by atoms with Crippen molar-refractivity contribution in [2.24, 2.45) is 14.1 Å². The minimum absolute atomic E-state index is 0.0881. The van der Waals surface area contributed by atoms with Crippen LogP contribution in [-0.4, -0.2) is 24.7 Å². The highest BCUT2D eigenvalue weighted by Gasteiger charge is 2.20. The van der Waals surface area contributed by atoms with Crippen LogP contribution in [-0.2, 0) is 24.1 Å². The van der Waals surface area contributed by atoms with Crippen molar-refractivity contribution in [2.45, 2.75) is 21.6 Å². The van der Waals surface area contributed by atoms with Crippen molar-refractivity contribution in [3.8, 4) is 5.75 Å². The molecule has 7 nitrogen and oxygen atoms in total. The van der Waals surface area contributed by atoms with Crippen LogP contribution in [0.2, 0.25) is 0 Å². The highest BCUT2D eigenvalue weighted by atomic mass is 32.2. The number of hydrogen-bond donors (Lipinski definition) is 1. The molecule has 0 saturated heterocycles. The fourth-order valence-corrected chi connectivity index (χ4v) is 5.48. The second-order valence-electron chi connectivity index (χ2n) is 7.44.